The maximum Gasteiger partial charge on any atom is 0.257 e. The molecule has 3 rings (SSSR count). The van der Waals surface area contributed by atoms with Gasteiger partial charge in [-0.25, -0.2) is 5.06 Å². The molecule has 20 heavy (non-hydrogen) atoms. The third-order valence-corrected chi connectivity index (χ3v) is 3.91. The highest BCUT2D eigenvalue weighted by Crippen LogP contribution is 2.41. The Morgan fingerprint density at radius 1 is 1.10 bits per heavy atom. The summed E-state index contributed by atoms with van der Waals surface area (Å²) in [6.45, 7) is 3.63. The number of benzene rings is 2. The van der Waals surface area contributed by atoms with Gasteiger partial charge in [0, 0.05) is 11.3 Å². The predicted molar refractivity (Wildman–Crippen MR) is 77.9 cm³/mol. The van der Waals surface area contributed by atoms with Gasteiger partial charge in [0.2, 0.25) is 0 Å². The first-order chi connectivity index (χ1) is 9.55. The van der Waals surface area contributed by atoms with Crippen molar-refractivity contribution in [3.63, 3.8) is 0 Å². The van der Waals surface area contributed by atoms with E-state index in [0.717, 1.165) is 21.9 Å². The normalized spacial score (nSPS) is 20.4. The van der Waals surface area contributed by atoms with Crippen LogP contribution in [0.4, 0.5) is 11.4 Å². The van der Waals surface area contributed by atoms with Gasteiger partial charge in [-0.15, -0.1) is 0 Å². The molecule has 0 spiro atoms. The van der Waals surface area contributed by atoms with Crippen molar-refractivity contribution >= 4 is 17.3 Å². The van der Waals surface area contributed by atoms with Crippen LogP contribution in [-0.2, 0) is 10.3 Å². The van der Waals surface area contributed by atoms with Gasteiger partial charge in [-0.1, -0.05) is 36.4 Å². The zero-order valence-electron chi connectivity index (χ0n) is 11.4. The van der Waals surface area contributed by atoms with Gasteiger partial charge in [-0.2, -0.15) is 0 Å². The van der Waals surface area contributed by atoms with Gasteiger partial charge in [0.05, 0.1) is 5.69 Å². The lowest BCUT2D eigenvalue weighted by atomic mass is 9.92. The van der Waals surface area contributed by atoms with Gasteiger partial charge in [-0.3, -0.25) is 10.0 Å². The topological polar surface area (TPSA) is 52.6 Å². The van der Waals surface area contributed by atoms with E-state index in [2.05, 4.69) is 5.32 Å². The number of carbonyl (C=O) groups is 1. The molecule has 1 aliphatic rings. The van der Waals surface area contributed by atoms with Crippen molar-refractivity contribution in [2.75, 3.05) is 10.4 Å². The number of hydrogen-bond acceptors (Lipinski definition) is 3. The number of hydrogen-bond donors (Lipinski definition) is 2. The van der Waals surface area contributed by atoms with E-state index >= 15 is 0 Å². The highest BCUT2D eigenvalue weighted by molar-refractivity contribution is 6.07. The van der Waals surface area contributed by atoms with E-state index in [4.69, 9.17) is 0 Å². The molecule has 0 aromatic heterocycles. The Kier molecular flexibility index (Phi) is 2.76. The Hall–Kier alpha value is -2.33. The van der Waals surface area contributed by atoms with Crippen LogP contribution in [0, 0.1) is 6.92 Å². The minimum absolute atomic E-state index is 0.232. The Morgan fingerprint density at radius 3 is 2.50 bits per heavy atom. The second-order valence-corrected chi connectivity index (χ2v) is 5.17. The second-order valence-electron chi connectivity index (χ2n) is 5.17. The number of fused-ring (bicyclic) bond motifs is 1. The summed E-state index contributed by atoms with van der Waals surface area (Å²) in [4.78, 5) is 12.4. The molecule has 0 aliphatic carbocycles. The van der Waals surface area contributed by atoms with Crippen molar-refractivity contribution in [1.82, 2.24) is 0 Å². The summed E-state index contributed by atoms with van der Waals surface area (Å²) in [7, 11) is 0. The first-order valence-corrected chi connectivity index (χ1v) is 6.51. The average molecular weight is 268 g/mol. The van der Waals surface area contributed by atoms with E-state index in [0.29, 0.717) is 5.69 Å². The van der Waals surface area contributed by atoms with Crippen LogP contribution < -0.4 is 10.4 Å². The zero-order chi connectivity index (χ0) is 14.3. The summed E-state index contributed by atoms with van der Waals surface area (Å²) in [5, 5.41) is 14.5. The molecule has 1 amide bonds. The number of rotatable bonds is 2. The quantitative estimate of drug-likeness (QED) is 0.823. The smallest absolute Gasteiger partial charge is 0.257 e. The van der Waals surface area contributed by atoms with Crippen molar-refractivity contribution in [2.45, 2.75) is 19.4 Å². The molecule has 0 radical (unpaired) electrons. The van der Waals surface area contributed by atoms with Crippen LogP contribution in [0.15, 0.2) is 48.5 Å². The van der Waals surface area contributed by atoms with Crippen LogP contribution in [0.2, 0.25) is 0 Å². The summed E-state index contributed by atoms with van der Waals surface area (Å²) >= 11 is 0. The van der Waals surface area contributed by atoms with Gasteiger partial charge in [0.15, 0.2) is 5.54 Å². The van der Waals surface area contributed by atoms with E-state index in [1.54, 1.807) is 13.0 Å². The van der Waals surface area contributed by atoms with Gasteiger partial charge in [0.25, 0.3) is 5.91 Å². The third kappa shape index (κ3) is 1.62. The van der Waals surface area contributed by atoms with E-state index in [1.807, 2.05) is 49.4 Å². The van der Waals surface area contributed by atoms with Crippen LogP contribution in [0.5, 0.6) is 0 Å². The maximum atomic E-state index is 12.4. The van der Waals surface area contributed by atoms with Crippen LogP contribution >= 0.6 is 0 Å². The van der Waals surface area contributed by atoms with Gasteiger partial charge < -0.3 is 5.32 Å². The summed E-state index contributed by atoms with van der Waals surface area (Å²) in [5.74, 6) is -0.232. The Labute approximate surface area is 117 Å². The molecule has 4 nitrogen and oxygen atoms in total. The average Bonchev–Trinajstić information content (AvgIpc) is 2.72. The predicted octanol–water partition coefficient (Wildman–Crippen LogP) is 3.06. The molecule has 102 valence electrons. The number of nitrogens with zero attached hydrogens (tertiary/aromatic N) is 1. The van der Waals surface area contributed by atoms with E-state index in [9.17, 15) is 10.0 Å². The number of aryl methyl sites for hydroxylation is 1. The lowest BCUT2D eigenvalue weighted by molar-refractivity contribution is -0.122. The Balaban J connectivity index is 2.13. The fourth-order valence-electron chi connectivity index (χ4n) is 2.64. The lowest BCUT2D eigenvalue weighted by Crippen LogP contribution is -2.47. The zero-order valence-corrected chi connectivity index (χ0v) is 11.4. The molecule has 0 saturated carbocycles. The van der Waals surface area contributed by atoms with Crippen LogP contribution in [0.1, 0.15) is 18.1 Å². The van der Waals surface area contributed by atoms with E-state index in [1.165, 1.54) is 0 Å². The summed E-state index contributed by atoms with van der Waals surface area (Å²) in [6.07, 6.45) is 0. The Bertz CT molecular complexity index is 684. The minimum atomic E-state index is -1.12. The molecule has 0 bridgehead atoms. The molecule has 2 aromatic rings. The molecule has 1 aliphatic heterocycles. The number of para-hydroxylation sites is 2. The minimum Gasteiger partial charge on any atom is -0.323 e. The fourth-order valence-corrected chi connectivity index (χ4v) is 2.64. The maximum absolute atomic E-state index is 12.4. The molecular weight excluding hydrogens is 252 g/mol. The first kappa shape index (κ1) is 12.7. The molecule has 0 fully saturated rings. The molecule has 1 heterocycles. The van der Waals surface area contributed by atoms with E-state index in [-0.39, 0.29) is 5.91 Å². The standard InChI is InChI=1S/C16H16N2O2/c1-11-7-3-6-10-14(11)18(20)16(2)12-8-4-5-9-13(12)17-15(16)19/h3-10,20H,1-2H3,(H,17,19)/t16-/m1/s1. The molecule has 2 N–H and O–H groups in total. The summed E-state index contributed by atoms with van der Waals surface area (Å²) in [6, 6.07) is 14.9. The molecule has 4 heteroatoms. The molecule has 1 atom stereocenters. The van der Waals surface area contributed by atoms with E-state index < -0.39 is 5.54 Å². The van der Waals surface area contributed by atoms with Gasteiger partial charge >= 0.3 is 0 Å². The Morgan fingerprint density at radius 2 is 1.75 bits per heavy atom. The highest BCUT2D eigenvalue weighted by Gasteiger charge is 2.48. The number of amides is 1. The highest BCUT2D eigenvalue weighted by atomic mass is 16.5. The molecule has 0 unspecified atom stereocenters. The molecule has 2 aromatic carbocycles. The van der Waals surface area contributed by atoms with Crippen LogP contribution in [-0.4, -0.2) is 11.1 Å². The second kappa shape index (κ2) is 4.35. The number of carbonyl (C=O) groups excluding carboxylic acids is 1. The van der Waals surface area contributed by atoms with Crippen molar-refractivity contribution in [3.05, 3.63) is 59.7 Å². The number of nitrogens with one attached hydrogen (secondary N) is 1. The molecule has 0 saturated heterocycles. The summed E-state index contributed by atoms with van der Waals surface area (Å²) < 4.78 is 0. The summed E-state index contributed by atoms with van der Waals surface area (Å²) in [5.41, 5.74) is 1.93. The van der Waals surface area contributed by atoms with Crippen molar-refractivity contribution in [2.24, 2.45) is 0 Å². The SMILES string of the molecule is Cc1ccccc1N(O)[C@@]1(C)C(=O)Nc2ccccc21. The number of hydroxylamine groups is 1. The lowest BCUT2D eigenvalue weighted by Gasteiger charge is -2.33. The van der Waals surface area contributed by atoms with Crippen LogP contribution in [0.25, 0.3) is 0 Å². The third-order valence-electron chi connectivity index (χ3n) is 3.91. The number of anilines is 2. The largest absolute Gasteiger partial charge is 0.323 e. The fraction of sp³-hybridized carbons (Fsp3) is 0.188. The van der Waals surface area contributed by atoms with Gasteiger partial charge in [-0.05, 0) is 31.5 Å². The monoisotopic (exact) mass is 268 g/mol. The van der Waals surface area contributed by atoms with Crippen molar-refractivity contribution < 1.29 is 10.0 Å². The van der Waals surface area contributed by atoms with Gasteiger partial charge in [0.1, 0.15) is 0 Å². The van der Waals surface area contributed by atoms with Crippen molar-refractivity contribution in [1.29, 1.82) is 0 Å². The molecular formula is C16H16N2O2. The van der Waals surface area contributed by atoms with Crippen molar-refractivity contribution in [3.8, 4) is 0 Å². The first-order valence-electron chi connectivity index (χ1n) is 6.51. The van der Waals surface area contributed by atoms with Crippen LogP contribution in [0.3, 0.4) is 0 Å².